The first kappa shape index (κ1) is 22.1. The molecule has 1 aliphatic heterocycles. The lowest BCUT2D eigenvalue weighted by Crippen LogP contribution is -2.50. The van der Waals surface area contributed by atoms with E-state index in [2.05, 4.69) is 21.8 Å². The molecule has 1 heterocycles. The number of methoxy groups -OCH3 is 1. The fourth-order valence-electron chi connectivity index (χ4n) is 3.17. The third kappa shape index (κ3) is 5.94. The molecule has 3 rings (SSSR count). The first-order valence-electron chi connectivity index (χ1n) is 9.79. The van der Waals surface area contributed by atoms with Gasteiger partial charge < -0.3 is 19.3 Å². The molecule has 0 atom stereocenters. The number of sulfonamides is 1. The predicted molar refractivity (Wildman–Crippen MR) is 114 cm³/mol. The number of hydrogen-bond acceptors (Lipinski definition) is 6. The van der Waals surface area contributed by atoms with Crippen LogP contribution >= 0.6 is 0 Å². The molecule has 0 saturated carbocycles. The zero-order valence-corrected chi connectivity index (χ0v) is 17.8. The normalized spacial score (nSPS) is 14.6. The molecule has 162 valence electrons. The van der Waals surface area contributed by atoms with Gasteiger partial charge in [-0.25, -0.2) is 13.1 Å². The highest BCUT2D eigenvalue weighted by atomic mass is 32.2. The van der Waals surface area contributed by atoms with E-state index >= 15 is 0 Å². The number of benzene rings is 2. The summed E-state index contributed by atoms with van der Waals surface area (Å²) >= 11 is 0. The monoisotopic (exact) mass is 433 g/mol. The van der Waals surface area contributed by atoms with Crippen molar-refractivity contribution in [1.82, 2.24) is 9.62 Å². The van der Waals surface area contributed by atoms with Gasteiger partial charge in [0.15, 0.2) is 6.61 Å². The van der Waals surface area contributed by atoms with Crippen LogP contribution < -0.4 is 14.4 Å². The number of rotatable bonds is 9. The number of carbonyl (C=O) groups is 1. The van der Waals surface area contributed by atoms with Gasteiger partial charge in [-0.15, -0.1) is 0 Å². The maximum atomic E-state index is 12.5. The van der Waals surface area contributed by atoms with E-state index in [1.54, 1.807) is 17.0 Å². The summed E-state index contributed by atoms with van der Waals surface area (Å²) in [5.41, 5.74) is 1.16. The van der Waals surface area contributed by atoms with Gasteiger partial charge in [0.05, 0.1) is 11.5 Å². The lowest BCUT2D eigenvalue weighted by Gasteiger charge is -2.36. The number of para-hydroxylation sites is 1. The van der Waals surface area contributed by atoms with E-state index in [0.29, 0.717) is 25.4 Å². The standard InChI is InChI=1S/C21H27N3O5S/c1-28-16-11-22-30(26,27)20-9-7-19(8-10-20)29-17-21(25)24-14-12-23(13-15-24)18-5-3-2-4-6-18/h2-10,22H,11-17H2,1H3. The summed E-state index contributed by atoms with van der Waals surface area (Å²) in [6.45, 7) is 3.24. The number of carbonyl (C=O) groups excluding carboxylic acids is 1. The largest absolute Gasteiger partial charge is 0.484 e. The van der Waals surface area contributed by atoms with E-state index in [-0.39, 0.29) is 24.0 Å². The van der Waals surface area contributed by atoms with Gasteiger partial charge in [-0.1, -0.05) is 18.2 Å². The Morgan fingerprint density at radius 2 is 1.67 bits per heavy atom. The number of ether oxygens (including phenoxy) is 2. The van der Waals surface area contributed by atoms with Crippen molar-refractivity contribution in [2.75, 3.05) is 57.9 Å². The van der Waals surface area contributed by atoms with Crippen molar-refractivity contribution >= 4 is 21.6 Å². The Balaban J connectivity index is 1.46. The lowest BCUT2D eigenvalue weighted by molar-refractivity contribution is -0.133. The van der Waals surface area contributed by atoms with Gasteiger partial charge in [-0.3, -0.25) is 4.79 Å². The number of amides is 1. The van der Waals surface area contributed by atoms with Crippen LogP contribution in [0.3, 0.4) is 0 Å². The molecule has 30 heavy (non-hydrogen) atoms. The fourth-order valence-corrected chi connectivity index (χ4v) is 4.18. The predicted octanol–water partition coefficient (Wildman–Crippen LogP) is 1.34. The quantitative estimate of drug-likeness (QED) is 0.601. The number of nitrogens with one attached hydrogen (secondary N) is 1. The summed E-state index contributed by atoms with van der Waals surface area (Å²) in [6, 6.07) is 16.1. The molecule has 2 aromatic carbocycles. The highest BCUT2D eigenvalue weighted by Gasteiger charge is 2.21. The summed E-state index contributed by atoms with van der Waals surface area (Å²) in [5, 5.41) is 0. The van der Waals surface area contributed by atoms with Crippen LogP contribution in [-0.4, -0.2) is 72.3 Å². The number of anilines is 1. The molecule has 2 aromatic rings. The molecule has 0 unspecified atom stereocenters. The number of nitrogens with zero attached hydrogens (tertiary/aromatic N) is 2. The van der Waals surface area contributed by atoms with Gasteiger partial charge in [0.2, 0.25) is 10.0 Å². The molecular formula is C21H27N3O5S. The van der Waals surface area contributed by atoms with Crippen molar-refractivity contribution in [1.29, 1.82) is 0 Å². The second-order valence-corrected chi connectivity index (χ2v) is 8.62. The molecule has 8 nitrogen and oxygen atoms in total. The van der Waals surface area contributed by atoms with E-state index in [0.717, 1.165) is 18.8 Å². The third-order valence-electron chi connectivity index (χ3n) is 4.85. The number of piperazine rings is 1. The van der Waals surface area contributed by atoms with Gasteiger partial charge in [-0.2, -0.15) is 0 Å². The van der Waals surface area contributed by atoms with Gasteiger partial charge in [0.25, 0.3) is 5.91 Å². The van der Waals surface area contributed by atoms with Crippen LogP contribution in [0.15, 0.2) is 59.5 Å². The molecule has 1 amide bonds. The van der Waals surface area contributed by atoms with Crippen molar-refractivity contribution in [3.05, 3.63) is 54.6 Å². The van der Waals surface area contributed by atoms with Crippen LogP contribution in [-0.2, 0) is 19.6 Å². The van der Waals surface area contributed by atoms with Crippen LogP contribution in [0.1, 0.15) is 0 Å². The van der Waals surface area contributed by atoms with Crippen LogP contribution in [0.25, 0.3) is 0 Å². The maximum absolute atomic E-state index is 12.5. The fraction of sp³-hybridized carbons (Fsp3) is 0.381. The maximum Gasteiger partial charge on any atom is 0.260 e. The molecule has 0 bridgehead atoms. The zero-order valence-electron chi connectivity index (χ0n) is 17.0. The van der Waals surface area contributed by atoms with Gasteiger partial charge in [-0.05, 0) is 36.4 Å². The molecule has 9 heteroatoms. The molecule has 0 aromatic heterocycles. The molecule has 0 aliphatic carbocycles. The van der Waals surface area contributed by atoms with Gasteiger partial charge in [0, 0.05) is 45.5 Å². The van der Waals surface area contributed by atoms with Gasteiger partial charge in [0.1, 0.15) is 5.75 Å². The third-order valence-corrected chi connectivity index (χ3v) is 6.33. The highest BCUT2D eigenvalue weighted by molar-refractivity contribution is 7.89. The van der Waals surface area contributed by atoms with Crippen LogP contribution in [0.5, 0.6) is 5.75 Å². The second-order valence-electron chi connectivity index (χ2n) is 6.85. The molecular weight excluding hydrogens is 406 g/mol. The topological polar surface area (TPSA) is 88.2 Å². The summed E-state index contributed by atoms with van der Waals surface area (Å²) < 4.78 is 37.1. The van der Waals surface area contributed by atoms with E-state index in [1.807, 2.05) is 18.2 Å². The van der Waals surface area contributed by atoms with E-state index in [4.69, 9.17) is 9.47 Å². The molecule has 1 saturated heterocycles. The minimum Gasteiger partial charge on any atom is -0.484 e. The minimum absolute atomic E-state index is 0.0798. The van der Waals surface area contributed by atoms with Crippen LogP contribution in [0, 0.1) is 0 Å². The molecule has 0 radical (unpaired) electrons. The second kappa shape index (κ2) is 10.4. The highest BCUT2D eigenvalue weighted by Crippen LogP contribution is 2.17. The van der Waals surface area contributed by atoms with E-state index in [9.17, 15) is 13.2 Å². The van der Waals surface area contributed by atoms with E-state index < -0.39 is 10.0 Å². The van der Waals surface area contributed by atoms with Gasteiger partial charge >= 0.3 is 0 Å². The Kier molecular flexibility index (Phi) is 7.67. The van der Waals surface area contributed by atoms with E-state index in [1.165, 1.54) is 19.2 Å². The average molecular weight is 434 g/mol. The smallest absolute Gasteiger partial charge is 0.260 e. The van der Waals surface area contributed by atoms with Crippen LogP contribution in [0.2, 0.25) is 0 Å². The Morgan fingerprint density at radius 1 is 1.00 bits per heavy atom. The molecule has 1 N–H and O–H groups in total. The van der Waals surface area contributed by atoms with Crippen molar-refractivity contribution in [3.8, 4) is 5.75 Å². The lowest BCUT2D eigenvalue weighted by atomic mass is 10.2. The molecule has 0 spiro atoms. The van der Waals surface area contributed by atoms with Crippen molar-refractivity contribution in [3.63, 3.8) is 0 Å². The Hall–Kier alpha value is -2.62. The first-order valence-corrected chi connectivity index (χ1v) is 11.3. The minimum atomic E-state index is -3.59. The SMILES string of the molecule is COCCNS(=O)(=O)c1ccc(OCC(=O)N2CCN(c3ccccc3)CC2)cc1. The summed E-state index contributed by atoms with van der Waals surface area (Å²) in [7, 11) is -2.09. The van der Waals surface area contributed by atoms with Crippen molar-refractivity contribution < 1.29 is 22.7 Å². The zero-order chi connectivity index (χ0) is 21.4. The Bertz CT molecular complexity index is 911. The average Bonchev–Trinajstić information content (AvgIpc) is 2.78. The molecule has 1 aliphatic rings. The van der Waals surface area contributed by atoms with Crippen molar-refractivity contribution in [2.45, 2.75) is 4.90 Å². The summed E-state index contributed by atoms with van der Waals surface area (Å²) in [5.74, 6) is 0.364. The Labute approximate surface area is 177 Å². The summed E-state index contributed by atoms with van der Waals surface area (Å²) in [6.07, 6.45) is 0. The first-order chi connectivity index (χ1) is 14.5. The number of hydrogen-bond donors (Lipinski definition) is 1. The Morgan fingerprint density at radius 3 is 2.30 bits per heavy atom. The van der Waals surface area contributed by atoms with Crippen LogP contribution in [0.4, 0.5) is 5.69 Å². The van der Waals surface area contributed by atoms with Crippen molar-refractivity contribution in [2.24, 2.45) is 0 Å². The summed E-state index contributed by atoms with van der Waals surface area (Å²) in [4.78, 5) is 16.6. The molecule has 1 fully saturated rings.